The molecule has 1 aromatic heterocycles. The zero-order valence-corrected chi connectivity index (χ0v) is 13.3. The van der Waals surface area contributed by atoms with E-state index in [-0.39, 0.29) is 23.8 Å². The summed E-state index contributed by atoms with van der Waals surface area (Å²) in [6.45, 7) is 0.181. The third kappa shape index (κ3) is 4.33. The summed E-state index contributed by atoms with van der Waals surface area (Å²) in [5.74, 6) is 4.97. The van der Waals surface area contributed by atoms with Crippen molar-refractivity contribution in [1.82, 2.24) is 5.32 Å². The van der Waals surface area contributed by atoms with E-state index in [1.807, 2.05) is 11.4 Å². The third-order valence-electron chi connectivity index (χ3n) is 2.59. The van der Waals surface area contributed by atoms with Gasteiger partial charge in [0.15, 0.2) is 0 Å². The van der Waals surface area contributed by atoms with Crippen molar-refractivity contribution in [3.63, 3.8) is 0 Å². The zero-order valence-electron chi connectivity index (χ0n) is 10.9. The van der Waals surface area contributed by atoms with Gasteiger partial charge < -0.3 is 15.5 Å². The molecule has 0 aliphatic carbocycles. The van der Waals surface area contributed by atoms with Crippen LogP contribution in [0, 0.1) is 11.8 Å². The number of halogens is 1. The van der Waals surface area contributed by atoms with Crippen LogP contribution in [-0.4, -0.2) is 22.7 Å². The van der Waals surface area contributed by atoms with Gasteiger partial charge in [-0.1, -0.05) is 27.8 Å². The number of amides is 1. The number of phenols is 1. The van der Waals surface area contributed by atoms with Gasteiger partial charge in [-0.05, 0) is 24.3 Å². The van der Waals surface area contributed by atoms with Gasteiger partial charge >= 0.3 is 0 Å². The van der Waals surface area contributed by atoms with Crippen molar-refractivity contribution in [1.29, 1.82) is 0 Å². The fourth-order valence-corrected chi connectivity index (χ4v) is 2.75. The van der Waals surface area contributed by atoms with Gasteiger partial charge in [-0.25, -0.2) is 0 Å². The normalized spacial score (nSPS) is 9.81. The quantitative estimate of drug-likeness (QED) is 0.731. The fraction of sp³-hybridized carbons (Fsp3) is 0.133. The van der Waals surface area contributed by atoms with Crippen LogP contribution in [0.4, 0.5) is 0 Å². The summed E-state index contributed by atoms with van der Waals surface area (Å²) in [4.78, 5) is 13.0. The number of aliphatic hydroxyl groups excluding tert-OH is 1. The number of carbonyl (C=O) groups is 1. The van der Waals surface area contributed by atoms with Gasteiger partial charge in [0.05, 0.1) is 12.1 Å². The van der Waals surface area contributed by atoms with Crippen LogP contribution in [0.25, 0.3) is 0 Å². The first-order valence-corrected chi connectivity index (χ1v) is 7.71. The lowest BCUT2D eigenvalue weighted by molar-refractivity contribution is 0.0948. The molecule has 0 aliphatic heterocycles. The summed E-state index contributed by atoms with van der Waals surface area (Å²) in [6, 6.07) is 6.55. The fourth-order valence-electron chi connectivity index (χ4n) is 1.63. The summed E-state index contributed by atoms with van der Waals surface area (Å²) < 4.78 is 0.725. The number of thiophene rings is 1. The molecule has 2 rings (SSSR count). The predicted molar refractivity (Wildman–Crippen MR) is 85.3 cm³/mol. The number of rotatable bonds is 3. The van der Waals surface area contributed by atoms with Gasteiger partial charge in [0.2, 0.25) is 0 Å². The molecule has 1 amide bonds. The molecule has 1 aromatic carbocycles. The molecule has 108 valence electrons. The molecule has 1 heterocycles. The van der Waals surface area contributed by atoms with Gasteiger partial charge in [-0.2, -0.15) is 0 Å². The second-order valence-corrected chi connectivity index (χ2v) is 6.02. The van der Waals surface area contributed by atoms with Crippen molar-refractivity contribution in [3.8, 4) is 17.6 Å². The molecule has 4 nitrogen and oxygen atoms in total. The molecule has 0 bridgehead atoms. The average molecular weight is 366 g/mol. The first kappa shape index (κ1) is 15.6. The minimum Gasteiger partial charge on any atom is -0.507 e. The van der Waals surface area contributed by atoms with E-state index in [4.69, 9.17) is 5.11 Å². The van der Waals surface area contributed by atoms with E-state index >= 15 is 0 Å². The molecule has 2 aromatic rings. The molecule has 0 radical (unpaired) electrons. The Hall–Kier alpha value is -1.81. The summed E-state index contributed by atoms with van der Waals surface area (Å²) >= 11 is 4.74. The number of aliphatic hydroxyl groups is 1. The van der Waals surface area contributed by atoms with E-state index in [2.05, 4.69) is 33.1 Å². The van der Waals surface area contributed by atoms with E-state index in [0.29, 0.717) is 6.54 Å². The smallest absolute Gasteiger partial charge is 0.255 e. The minimum atomic E-state index is -0.342. The Balaban J connectivity index is 2.01. The number of nitrogens with one attached hydrogen (secondary N) is 1. The summed E-state index contributed by atoms with van der Waals surface area (Å²) in [7, 11) is 0. The summed E-state index contributed by atoms with van der Waals surface area (Å²) in [5.41, 5.74) is 1.03. The highest BCUT2D eigenvalue weighted by atomic mass is 79.9. The molecule has 3 N–H and O–H groups in total. The van der Waals surface area contributed by atoms with E-state index in [1.54, 1.807) is 12.1 Å². The molecule has 0 saturated carbocycles. The average Bonchev–Trinajstić information content (AvgIpc) is 2.93. The van der Waals surface area contributed by atoms with Crippen LogP contribution in [-0.2, 0) is 6.54 Å². The monoisotopic (exact) mass is 365 g/mol. The van der Waals surface area contributed by atoms with Crippen LogP contribution >= 0.6 is 27.3 Å². The number of hydrogen-bond donors (Lipinski definition) is 3. The maximum atomic E-state index is 12.0. The van der Waals surface area contributed by atoms with E-state index < -0.39 is 0 Å². The minimum absolute atomic E-state index is 0.0589. The lowest BCUT2D eigenvalue weighted by Gasteiger charge is -2.06. The van der Waals surface area contributed by atoms with E-state index in [1.165, 1.54) is 17.4 Å². The molecule has 0 atom stereocenters. The molecule has 0 aliphatic rings. The standard InChI is InChI=1S/C15H12BrNO3S/c16-11-3-4-14(19)13(7-11)15(20)17-8-12-6-10(9-21-12)2-1-5-18/h3-4,6-7,9,18-19H,5,8H2,(H,17,20). The number of phenolic OH excluding ortho intramolecular Hbond substituents is 1. The Bertz CT molecular complexity index is 715. The Kier molecular flexibility index (Phi) is 5.39. The van der Waals surface area contributed by atoms with Gasteiger partial charge in [0.25, 0.3) is 5.91 Å². The molecule has 6 heteroatoms. The van der Waals surface area contributed by atoms with Crippen LogP contribution in [0.1, 0.15) is 20.8 Å². The second-order valence-electron chi connectivity index (χ2n) is 4.11. The van der Waals surface area contributed by atoms with Gasteiger partial charge in [0, 0.05) is 20.3 Å². The van der Waals surface area contributed by atoms with E-state index in [0.717, 1.165) is 14.9 Å². The molecule has 0 unspecified atom stereocenters. The lowest BCUT2D eigenvalue weighted by atomic mass is 10.2. The van der Waals surface area contributed by atoms with Gasteiger partial charge in [-0.3, -0.25) is 4.79 Å². The largest absolute Gasteiger partial charge is 0.507 e. The van der Waals surface area contributed by atoms with Crippen LogP contribution < -0.4 is 5.32 Å². The maximum absolute atomic E-state index is 12.0. The predicted octanol–water partition coefficient (Wildman–Crippen LogP) is 2.49. The zero-order chi connectivity index (χ0) is 15.2. The Labute approximate surface area is 134 Å². The maximum Gasteiger partial charge on any atom is 0.255 e. The molecule has 0 spiro atoms. The van der Waals surface area contributed by atoms with Crippen LogP contribution in [0.2, 0.25) is 0 Å². The van der Waals surface area contributed by atoms with Crippen molar-refractivity contribution in [2.24, 2.45) is 0 Å². The SMILES string of the molecule is O=C(NCc1cc(C#CCO)cs1)c1cc(Br)ccc1O. The first-order valence-electron chi connectivity index (χ1n) is 6.04. The van der Waals surface area contributed by atoms with Crippen molar-refractivity contribution in [2.75, 3.05) is 6.61 Å². The van der Waals surface area contributed by atoms with Crippen molar-refractivity contribution >= 4 is 33.2 Å². The Morgan fingerprint density at radius 1 is 1.38 bits per heavy atom. The van der Waals surface area contributed by atoms with Crippen LogP contribution in [0.15, 0.2) is 34.1 Å². The summed E-state index contributed by atoms with van der Waals surface area (Å²) in [5, 5.41) is 22.9. The number of hydrogen-bond acceptors (Lipinski definition) is 4. The second kappa shape index (κ2) is 7.27. The van der Waals surface area contributed by atoms with Gasteiger partial charge in [-0.15, -0.1) is 11.3 Å². The van der Waals surface area contributed by atoms with Crippen LogP contribution in [0.3, 0.4) is 0 Å². The molecule has 21 heavy (non-hydrogen) atoms. The molecule has 0 fully saturated rings. The lowest BCUT2D eigenvalue weighted by Crippen LogP contribution is -2.22. The topological polar surface area (TPSA) is 69.6 Å². The molecular formula is C15H12BrNO3S. The van der Waals surface area contributed by atoms with E-state index in [9.17, 15) is 9.90 Å². The number of aromatic hydroxyl groups is 1. The highest BCUT2D eigenvalue weighted by Gasteiger charge is 2.11. The first-order chi connectivity index (χ1) is 10.1. The number of benzene rings is 1. The van der Waals surface area contributed by atoms with Gasteiger partial charge in [0.1, 0.15) is 12.4 Å². The Morgan fingerprint density at radius 3 is 2.95 bits per heavy atom. The van der Waals surface area contributed by atoms with Crippen molar-refractivity contribution < 1.29 is 15.0 Å². The van der Waals surface area contributed by atoms with Crippen molar-refractivity contribution in [3.05, 3.63) is 50.1 Å². The van der Waals surface area contributed by atoms with Crippen LogP contribution in [0.5, 0.6) is 5.75 Å². The third-order valence-corrected chi connectivity index (χ3v) is 4.02. The molecular weight excluding hydrogens is 354 g/mol. The molecule has 0 saturated heterocycles. The Morgan fingerprint density at radius 2 is 2.19 bits per heavy atom. The summed E-state index contributed by atoms with van der Waals surface area (Å²) in [6.07, 6.45) is 0. The number of carbonyl (C=O) groups excluding carboxylic acids is 1. The highest BCUT2D eigenvalue weighted by molar-refractivity contribution is 9.10. The van der Waals surface area contributed by atoms with Crippen molar-refractivity contribution in [2.45, 2.75) is 6.54 Å². The highest BCUT2D eigenvalue weighted by Crippen LogP contribution is 2.22.